The van der Waals surface area contributed by atoms with E-state index >= 15 is 0 Å². The van der Waals surface area contributed by atoms with Crippen LogP contribution in [0.4, 0.5) is 9.18 Å². The minimum atomic E-state index is -0.882. The Hall–Kier alpha value is -1.82. The number of urea groups is 1. The number of hydrogen-bond donors (Lipinski definition) is 2. The molecule has 2 unspecified atom stereocenters. The highest BCUT2D eigenvalue weighted by Gasteiger charge is 2.28. The molecule has 120 valence electrons. The molecule has 2 N–H and O–H groups in total. The summed E-state index contributed by atoms with van der Waals surface area (Å²) < 4.78 is 13.0. The molecular formula is C15H18ClFN2O3. The average Bonchev–Trinajstić information content (AvgIpc) is 2.47. The number of carbonyl (C=O) groups is 2. The molecule has 1 fully saturated rings. The Balaban J connectivity index is 2.00. The van der Waals surface area contributed by atoms with Crippen molar-refractivity contribution in [2.24, 2.45) is 5.92 Å². The van der Waals surface area contributed by atoms with E-state index in [4.69, 9.17) is 16.7 Å². The highest BCUT2D eigenvalue weighted by molar-refractivity contribution is 6.31. The van der Waals surface area contributed by atoms with E-state index in [0.29, 0.717) is 24.9 Å². The number of amides is 2. The minimum absolute atomic E-state index is 0.199. The van der Waals surface area contributed by atoms with E-state index in [-0.39, 0.29) is 17.6 Å². The predicted octanol–water partition coefficient (Wildman–Crippen LogP) is 3.05. The third-order valence-corrected chi connectivity index (χ3v) is 4.15. The summed E-state index contributed by atoms with van der Waals surface area (Å²) in [5, 5.41) is 12.1. The topological polar surface area (TPSA) is 69.6 Å². The van der Waals surface area contributed by atoms with Gasteiger partial charge in [0.2, 0.25) is 0 Å². The van der Waals surface area contributed by atoms with Gasteiger partial charge in [0.15, 0.2) is 0 Å². The van der Waals surface area contributed by atoms with Gasteiger partial charge in [0.05, 0.1) is 12.0 Å². The molecule has 7 heteroatoms. The molecule has 0 aromatic heterocycles. The van der Waals surface area contributed by atoms with Crippen LogP contribution < -0.4 is 5.32 Å². The third-order valence-electron chi connectivity index (χ3n) is 3.83. The van der Waals surface area contributed by atoms with Crippen LogP contribution in [-0.4, -0.2) is 35.1 Å². The molecule has 1 heterocycles. The molecule has 1 aromatic carbocycles. The summed E-state index contributed by atoms with van der Waals surface area (Å²) in [4.78, 5) is 24.8. The second kappa shape index (κ2) is 6.96. The zero-order valence-electron chi connectivity index (χ0n) is 12.2. The van der Waals surface area contributed by atoms with Crippen molar-refractivity contribution in [3.05, 3.63) is 34.6 Å². The van der Waals surface area contributed by atoms with Gasteiger partial charge in [0.25, 0.3) is 0 Å². The predicted molar refractivity (Wildman–Crippen MR) is 80.3 cm³/mol. The lowest BCUT2D eigenvalue weighted by Crippen LogP contribution is -2.47. The Bertz CT molecular complexity index is 582. The first-order chi connectivity index (χ1) is 10.4. The van der Waals surface area contributed by atoms with Crippen molar-refractivity contribution in [3.63, 3.8) is 0 Å². The van der Waals surface area contributed by atoms with Crippen LogP contribution in [0.5, 0.6) is 0 Å². The van der Waals surface area contributed by atoms with Crippen molar-refractivity contribution >= 4 is 23.6 Å². The van der Waals surface area contributed by atoms with Crippen molar-refractivity contribution in [2.45, 2.75) is 25.8 Å². The minimum Gasteiger partial charge on any atom is -0.481 e. The summed E-state index contributed by atoms with van der Waals surface area (Å²) in [5.74, 6) is -1.84. The maximum absolute atomic E-state index is 13.0. The van der Waals surface area contributed by atoms with Crippen LogP contribution >= 0.6 is 11.6 Å². The molecule has 1 saturated heterocycles. The first-order valence-corrected chi connectivity index (χ1v) is 7.49. The van der Waals surface area contributed by atoms with Crippen molar-refractivity contribution in [2.75, 3.05) is 13.1 Å². The van der Waals surface area contributed by atoms with Crippen LogP contribution in [0, 0.1) is 11.7 Å². The summed E-state index contributed by atoms with van der Waals surface area (Å²) in [7, 11) is 0. The zero-order chi connectivity index (χ0) is 16.3. The smallest absolute Gasteiger partial charge is 0.317 e. The number of likely N-dealkylation sites (tertiary alicyclic amines) is 1. The number of halogens is 2. The Kier molecular flexibility index (Phi) is 5.24. The maximum Gasteiger partial charge on any atom is 0.317 e. The Morgan fingerprint density at radius 1 is 1.50 bits per heavy atom. The van der Waals surface area contributed by atoms with Crippen LogP contribution in [0.2, 0.25) is 5.02 Å². The fourth-order valence-electron chi connectivity index (χ4n) is 2.57. The van der Waals surface area contributed by atoms with Crippen molar-refractivity contribution in [1.29, 1.82) is 0 Å². The summed E-state index contributed by atoms with van der Waals surface area (Å²) >= 11 is 5.98. The fourth-order valence-corrected chi connectivity index (χ4v) is 2.90. The molecule has 2 amide bonds. The highest BCUT2D eigenvalue weighted by atomic mass is 35.5. The molecule has 0 spiro atoms. The lowest BCUT2D eigenvalue weighted by molar-refractivity contribution is -0.143. The van der Waals surface area contributed by atoms with Crippen LogP contribution in [-0.2, 0) is 4.79 Å². The molecule has 0 saturated carbocycles. The van der Waals surface area contributed by atoms with Gasteiger partial charge in [-0.3, -0.25) is 4.79 Å². The number of nitrogens with one attached hydrogen (secondary N) is 1. The lowest BCUT2D eigenvalue weighted by atomic mass is 9.98. The van der Waals surface area contributed by atoms with Gasteiger partial charge >= 0.3 is 12.0 Å². The van der Waals surface area contributed by atoms with E-state index in [1.165, 1.54) is 23.1 Å². The van der Waals surface area contributed by atoms with Crippen LogP contribution in [0.1, 0.15) is 31.4 Å². The zero-order valence-corrected chi connectivity index (χ0v) is 12.9. The standard InChI is InChI=1S/C15H18ClFN2O3/c1-9(12-5-4-11(17)7-13(12)16)18-15(22)19-6-2-3-10(8-19)14(20)21/h4-5,7,9-10H,2-3,6,8H2,1H3,(H,18,22)(H,20,21). The van der Waals surface area contributed by atoms with E-state index in [2.05, 4.69) is 5.32 Å². The number of nitrogens with zero attached hydrogens (tertiary/aromatic N) is 1. The van der Waals surface area contributed by atoms with Crippen LogP contribution in [0.25, 0.3) is 0 Å². The number of hydrogen-bond acceptors (Lipinski definition) is 2. The quantitative estimate of drug-likeness (QED) is 0.896. The number of rotatable bonds is 3. The van der Waals surface area contributed by atoms with Crippen molar-refractivity contribution in [3.8, 4) is 0 Å². The number of aliphatic carboxylic acids is 1. The number of piperidine rings is 1. The molecule has 0 radical (unpaired) electrons. The molecule has 5 nitrogen and oxygen atoms in total. The number of carbonyl (C=O) groups excluding carboxylic acids is 1. The molecule has 0 bridgehead atoms. The second-order valence-corrected chi connectivity index (χ2v) is 5.87. The second-order valence-electron chi connectivity index (χ2n) is 5.46. The summed E-state index contributed by atoms with van der Waals surface area (Å²) in [6.45, 7) is 2.47. The summed E-state index contributed by atoms with van der Waals surface area (Å²) in [6.07, 6.45) is 1.24. The molecule has 1 aromatic rings. The van der Waals surface area contributed by atoms with Gasteiger partial charge in [-0.25, -0.2) is 9.18 Å². The molecule has 2 atom stereocenters. The average molecular weight is 329 g/mol. The van der Waals surface area contributed by atoms with E-state index in [9.17, 15) is 14.0 Å². The van der Waals surface area contributed by atoms with Gasteiger partial charge < -0.3 is 15.3 Å². The van der Waals surface area contributed by atoms with Gasteiger partial charge in [-0.2, -0.15) is 0 Å². The van der Waals surface area contributed by atoms with E-state index in [1.54, 1.807) is 6.92 Å². The molecule has 1 aliphatic heterocycles. The Morgan fingerprint density at radius 2 is 2.23 bits per heavy atom. The summed E-state index contributed by atoms with van der Waals surface area (Å²) in [5.41, 5.74) is 0.614. The monoisotopic (exact) mass is 328 g/mol. The number of carboxylic acid groups (broad SMARTS) is 1. The SMILES string of the molecule is CC(NC(=O)N1CCCC(C(=O)O)C1)c1ccc(F)cc1Cl. The van der Waals surface area contributed by atoms with Crippen molar-refractivity contribution in [1.82, 2.24) is 10.2 Å². The molecule has 22 heavy (non-hydrogen) atoms. The van der Waals surface area contributed by atoms with Gasteiger partial charge in [0.1, 0.15) is 5.82 Å². The number of carboxylic acids is 1. The molecule has 2 rings (SSSR count). The van der Waals surface area contributed by atoms with Crippen LogP contribution in [0.3, 0.4) is 0 Å². The van der Waals surface area contributed by atoms with Gasteiger partial charge in [0, 0.05) is 18.1 Å². The first-order valence-electron chi connectivity index (χ1n) is 7.11. The van der Waals surface area contributed by atoms with Crippen molar-refractivity contribution < 1.29 is 19.1 Å². The van der Waals surface area contributed by atoms with E-state index in [1.807, 2.05) is 0 Å². The highest BCUT2D eigenvalue weighted by Crippen LogP contribution is 2.24. The van der Waals surface area contributed by atoms with Gasteiger partial charge in [-0.15, -0.1) is 0 Å². The Morgan fingerprint density at radius 3 is 2.86 bits per heavy atom. The first kappa shape index (κ1) is 16.5. The molecule has 1 aliphatic rings. The largest absolute Gasteiger partial charge is 0.481 e. The summed E-state index contributed by atoms with van der Waals surface area (Å²) in [6, 6.07) is 3.27. The normalized spacial score (nSPS) is 19.6. The van der Waals surface area contributed by atoms with E-state index in [0.717, 1.165) is 0 Å². The number of benzene rings is 1. The maximum atomic E-state index is 13.0. The third kappa shape index (κ3) is 3.88. The van der Waals surface area contributed by atoms with Gasteiger partial charge in [-0.05, 0) is 37.5 Å². The fraction of sp³-hybridized carbons (Fsp3) is 0.467. The Labute approximate surface area is 133 Å². The van der Waals surface area contributed by atoms with Gasteiger partial charge in [-0.1, -0.05) is 17.7 Å². The lowest BCUT2D eigenvalue weighted by Gasteiger charge is -2.31. The molecular weight excluding hydrogens is 311 g/mol. The van der Waals surface area contributed by atoms with E-state index < -0.39 is 23.7 Å². The van der Waals surface area contributed by atoms with Crippen LogP contribution in [0.15, 0.2) is 18.2 Å². The molecule has 0 aliphatic carbocycles.